The summed E-state index contributed by atoms with van der Waals surface area (Å²) in [5, 5.41) is 3.45. The first-order chi connectivity index (χ1) is 7.99. The van der Waals surface area contributed by atoms with E-state index in [1.54, 1.807) is 0 Å². The number of rotatable bonds is 5. The van der Waals surface area contributed by atoms with Crippen LogP contribution in [0.5, 0.6) is 0 Å². The van der Waals surface area contributed by atoms with Gasteiger partial charge in [0.25, 0.3) is 0 Å². The monoisotopic (exact) mass is 255 g/mol. The number of hydrogen-bond donors (Lipinski definition) is 2. The molecule has 1 aromatic rings. The minimum atomic E-state index is -0.464. The second-order valence-corrected chi connectivity index (χ2v) is 5.48. The van der Waals surface area contributed by atoms with Crippen molar-refractivity contribution < 1.29 is 4.79 Å². The van der Waals surface area contributed by atoms with Gasteiger partial charge in [-0.15, -0.1) is 11.3 Å². The van der Waals surface area contributed by atoms with Gasteiger partial charge in [-0.05, 0) is 19.3 Å². The molecule has 0 aliphatic rings. The Kier molecular flexibility index (Phi) is 5.08. The maximum atomic E-state index is 11.9. The van der Waals surface area contributed by atoms with Crippen molar-refractivity contribution in [1.29, 1.82) is 0 Å². The van der Waals surface area contributed by atoms with Crippen molar-refractivity contribution in [1.82, 2.24) is 4.98 Å². The van der Waals surface area contributed by atoms with Crippen molar-refractivity contribution in [3.8, 4) is 0 Å². The maximum Gasteiger partial charge on any atom is 0.243 e. The summed E-state index contributed by atoms with van der Waals surface area (Å²) >= 11 is 1.51. The molecule has 96 valence electrons. The standard InChI is InChI=1S/C12H21N3OS/c1-5-7(3)10(13)11(16)15-12-14-9(6-2)8(4)17-12/h7,10H,5-6,13H2,1-4H3,(H,14,15,16)/t7?,10-/m0/s1. The van der Waals surface area contributed by atoms with Crippen molar-refractivity contribution in [2.75, 3.05) is 5.32 Å². The number of nitrogens with one attached hydrogen (secondary N) is 1. The summed E-state index contributed by atoms with van der Waals surface area (Å²) in [7, 11) is 0. The highest BCUT2D eigenvalue weighted by Gasteiger charge is 2.20. The van der Waals surface area contributed by atoms with Crippen LogP contribution in [0.15, 0.2) is 0 Å². The van der Waals surface area contributed by atoms with Crippen LogP contribution >= 0.6 is 11.3 Å². The van der Waals surface area contributed by atoms with Crippen LogP contribution in [-0.4, -0.2) is 16.9 Å². The lowest BCUT2D eigenvalue weighted by molar-refractivity contribution is -0.118. The van der Waals surface area contributed by atoms with Crippen molar-refractivity contribution in [3.63, 3.8) is 0 Å². The average Bonchev–Trinajstić information content (AvgIpc) is 2.67. The van der Waals surface area contributed by atoms with Crippen LogP contribution < -0.4 is 11.1 Å². The van der Waals surface area contributed by atoms with E-state index in [9.17, 15) is 4.79 Å². The van der Waals surface area contributed by atoms with E-state index in [4.69, 9.17) is 5.73 Å². The number of nitrogens with two attached hydrogens (primary N) is 1. The lowest BCUT2D eigenvalue weighted by Crippen LogP contribution is -2.40. The smallest absolute Gasteiger partial charge is 0.243 e. The molecule has 0 fully saturated rings. The molecular weight excluding hydrogens is 234 g/mol. The predicted octanol–water partition coefficient (Wildman–Crippen LogP) is 2.33. The highest BCUT2D eigenvalue weighted by molar-refractivity contribution is 7.15. The molecule has 1 heterocycles. The SMILES string of the molecule is CCc1nc(NC(=O)[C@@H](N)C(C)CC)sc1C. The third kappa shape index (κ3) is 3.51. The topological polar surface area (TPSA) is 68.0 Å². The van der Waals surface area contributed by atoms with Gasteiger partial charge in [0.2, 0.25) is 5.91 Å². The predicted molar refractivity (Wildman–Crippen MR) is 72.3 cm³/mol. The van der Waals surface area contributed by atoms with E-state index in [1.807, 2.05) is 20.8 Å². The summed E-state index contributed by atoms with van der Waals surface area (Å²) in [6.07, 6.45) is 1.78. The third-order valence-corrected chi connectivity index (χ3v) is 3.95. The van der Waals surface area contributed by atoms with Crippen LogP contribution in [0.1, 0.15) is 37.8 Å². The molecule has 0 bridgehead atoms. The summed E-state index contributed by atoms with van der Waals surface area (Å²) < 4.78 is 0. The molecule has 3 N–H and O–H groups in total. The van der Waals surface area contributed by atoms with E-state index in [2.05, 4.69) is 17.2 Å². The lowest BCUT2D eigenvalue weighted by Gasteiger charge is -2.16. The average molecular weight is 255 g/mol. The van der Waals surface area contributed by atoms with Crippen LogP contribution in [0, 0.1) is 12.8 Å². The lowest BCUT2D eigenvalue weighted by atomic mass is 10.00. The van der Waals surface area contributed by atoms with Gasteiger partial charge in [0.15, 0.2) is 5.13 Å². The number of hydrogen-bond acceptors (Lipinski definition) is 4. The van der Waals surface area contributed by atoms with Crippen LogP contribution in [0.2, 0.25) is 0 Å². The molecule has 0 aromatic carbocycles. The number of aryl methyl sites for hydroxylation is 2. The second kappa shape index (κ2) is 6.12. The van der Waals surface area contributed by atoms with Crippen LogP contribution in [0.3, 0.4) is 0 Å². The number of thiazole rings is 1. The number of carbonyl (C=O) groups excluding carboxylic acids is 1. The molecule has 5 heteroatoms. The fourth-order valence-corrected chi connectivity index (χ4v) is 2.42. The van der Waals surface area contributed by atoms with E-state index >= 15 is 0 Å². The fourth-order valence-electron chi connectivity index (χ4n) is 1.51. The molecular formula is C12H21N3OS. The molecule has 0 radical (unpaired) electrons. The van der Waals surface area contributed by atoms with Crippen molar-refractivity contribution >= 4 is 22.4 Å². The molecule has 17 heavy (non-hydrogen) atoms. The summed E-state index contributed by atoms with van der Waals surface area (Å²) in [5.74, 6) is 0.0393. The van der Waals surface area contributed by atoms with Gasteiger partial charge in [0.1, 0.15) is 0 Å². The zero-order valence-corrected chi connectivity index (χ0v) is 11.7. The maximum absolute atomic E-state index is 11.9. The van der Waals surface area contributed by atoms with Crippen LogP contribution in [-0.2, 0) is 11.2 Å². The first kappa shape index (κ1) is 14.1. The van der Waals surface area contributed by atoms with Crippen molar-refractivity contribution in [3.05, 3.63) is 10.6 Å². The minimum Gasteiger partial charge on any atom is -0.320 e. The van der Waals surface area contributed by atoms with Crippen molar-refractivity contribution in [2.24, 2.45) is 11.7 Å². The molecule has 0 spiro atoms. The van der Waals surface area contributed by atoms with Crippen LogP contribution in [0.4, 0.5) is 5.13 Å². The Hall–Kier alpha value is -0.940. The highest BCUT2D eigenvalue weighted by atomic mass is 32.1. The quantitative estimate of drug-likeness (QED) is 0.848. The fraction of sp³-hybridized carbons (Fsp3) is 0.667. The summed E-state index contributed by atoms with van der Waals surface area (Å²) in [4.78, 5) is 17.4. The van der Waals surface area contributed by atoms with Crippen LogP contribution in [0.25, 0.3) is 0 Å². The Morgan fingerprint density at radius 2 is 2.18 bits per heavy atom. The number of anilines is 1. The molecule has 1 amide bonds. The number of nitrogens with zero attached hydrogens (tertiary/aromatic N) is 1. The molecule has 1 aromatic heterocycles. The van der Waals surface area contributed by atoms with Crippen molar-refractivity contribution in [2.45, 2.75) is 46.6 Å². The highest BCUT2D eigenvalue weighted by Crippen LogP contribution is 2.22. The summed E-state index contributed by atoms with van der Waals surface area (Å²) in [6.45, 7) is 8.08. The van der Waals surface area contributed by atoms with E-state index in [0.29, 0.717) is 5.13 Å². The largest absolute Gasteiger partial charge is 0.320 e. The van der Waals surface area contributed by atoms with Gasteiger partial charge in [-0.1, -0.05) is 27.2 Å². The Balaban J connectivity index is 2.67. The molecule has 1 rings (SSSR count). The molecule has 4 nitrogen and oxygen atoms in total. The summed E-state index contributed by atoms with van der Waals surface area (Å²) in [6, 6.07) is -0.464. The van der Waals surface area contributed by atoms with E-state index < -0.39 is 6.04 Å². The number of aromatic nitrogens is 1. The third-order valence-electron chi connectivity index (χ3n) is 3.02. The molecule has 1 unspecified atom stereocenters. The van der Waals surface area contributed by atoms with E-state index in [-0.39, 0.29) is 11.8 Å². The van der Waals surface area contributed by atoms with Gasteiger partial charge in [-0.25, -0.2) is 4.98 Å². The molecule has 0 saturated carbocycles. The number of carbonyl (C=O) groups is 1. The van der Waals surface area contributed by atoms with E-state index in [0.717, 1.165) is 23.4 Å². The Morgan fingerprint density at radius 3 is 2.65 bits per heavy atom. The van der Waals surface area contributed by atoms with Gasteiger partial charge in [-0.3, -0.25) is 4.79 Å². The number of amides is 1. The zero-order chi connectivity index (χ0) is 13.0. The van der Waals surface area contributed by atoms with Gasteiger partial charge in [0, 0.05) is 4.88 Å². The van der Waals surface area contributed by atoms with Gasteiger partial charge < -0.3 is 11.1 Å². The Bertz CT molecular complexity index is 389. The van der Waals surface area contributed by atoms with Gasteiger partial charge in [0.05, 0.1) is 11.7 Å². The minimum absolute atomic E-state index is 0.143. The Morgan fingerprint density at radius 1 is 1.53 bits per heavy atom. The second-order valence-electron chi connectivity index (χ2n) is 4.28. The molecule has 2 atom stereocenters. The molecule has 0 saturated heterocycles. The first-order valence-electron chi connectivity index (χ1n) is 6.02. The summed E-state index contributed by atoms with van der Waals surface area (Å²) in [5.41, 5.74) is 6.91. The zero-order valence-electron chi connectivity index (χ0n) is 10.9. The van der Waals surface area contributed by atoms with E-state index in [1.165, 1.54) is 11.3 Å². The molecule has 0 aliphatic heterocycles. The van der Waals surface area contributed by atoms with Gasteiger partial charge in [-0.2, -0.15) is 0 Å². The first-order valence-corrected chi connectivity index (χ1v) is 6.83. The Labute approximate surface area is 107 Å². The molecule has 0 aliphatic carbocycles. The van der Waals surface area contributed by atoms with Gasteiger partial charge >= 0.3 is 0 Å². The normalized spacial score (nSPS) is 14.4.